The number of likely N-dealkylation sites (N-methyl/N-ethyl adjacent to an activating group) is 1. The van der Waals surface area contributed by atoms with Gasteiger partial charge in [0, 0.05) is 25.7 Å². The van der Waals surface area contributed by atoms with Crippen LogP contribution in [0.1, 0.15) is 46.5 Å². The number of nitrogens with zero attached hydrogens (tertiary/aromatic N) is 1. The quantitative estimate of drug-likeness (QED) is 0.733. The Morgan fingerprint density at radius 3 is 2.59 bits per heavy atom. The van der Waals surface area contributed by atoms with E-state index >= 15 is 0 Å². The summed E-state index contributed by atoms with van der Waals surface area (Å²) in [5, 5.41) is 3.53. The Kier molecular flexibility index (Phi) is 4.87. The molecule has 0 spiro atoms. The Labute approximate surface area is 107 Å². The summed E-state index contributed by atoms with van der Waals surface area (Å²) in [6.07, 6.45) is 6.13. The predicted octanol–water partition coefficient (Wildman–Crippen LogP) is 2.74. The van der Waals surface area contributed by atoms with E-state index in [4.69, 9.17) is 0 Å². The zero-order chi connectivity index (χ0) is 12.3. The number of fused-ring (bicyclic) bond motifs is 2. The minimum Gasteiger partial charge on any atom is -0.313 e. The van der Waals surface area contributed by atoms with Crippen molar-refractivity contribution >= 4 is 0 Å². The molecule has 0 saturated heterocycles. The first-order chi connectivity index (χ1) is 8.19. The number of hydrogen-bond acceptors (Lipinski definition) is 2. The van der Waals surface area contributed by atoms with Gasteiger partial charge in [-0.2, -0.15) is 0 Å². The van der Waals surface area contributed by atoms with E-state index in [1.807, 2.05) is 0 Å². The molecule has 0 heterocycles. The molecule has 2 nitrogen and oxygen atoms in total. The molecule has 2 rings (SSSR count). The summed E-state index contributed by atoms with van der Waals surface area (Å²) in [6.45, 7) is 11.7. The molecule has 2 fully saturated rings. The van der Waals surface area contributed by atoms with Crippen molar-refractivity contribution in [3.05, 3.63) is 0 Å². The van der Waals surface area contributed by atoms with E-state index in [1.54, 1.807) is 6.42 Å². The third-order valence-electron chi connectivity index (χ3n) is 4.81. The summed E-state index contributed by atoms with van der Waals surface area (Å²) in [7, 11) is 0. The van der Waals surface area contributed by atoms with Crippen molar-refractivity contribution in [2.24, 2.45) is 17.8 Å². The van der Waals surface area contributed by atoms with Gasteiger partial charge in [-0.15, -0.1) is 0 Å². The molecule has 2 aliphatic carbocycles. The van der Waals surface area contributed by atoms with Gasteiger partial charge in [-0.1, -0.05) is 27.2 Å². The first-order valence-corrected chi connectivity index (χ1v) is 7.64. The molecule has 2 saturated carbocycles. The van der Waals surface area contributed by atoms with Crippen molar-refractivity contribution in [1.29, 1.82) is 0 Å². The molecule has 0 aromatic heterocycles. The number of hydrogen-bond donors (Lipinski definition) is 1. The Morgan fingerprint density at radius 1 is 1.24 bits per heavy atom. The van der Waals surface area contributed by atoms with Crippen molar-refractivity contribution in [1.82, 2.24) is 10.2 Å². The fraction of sp³-hybridized carbons (Fsp3) is 1.00. The molecule has 0 aromatic carbocycles. The molecule has 3 atom stereocenters. The summed E-state index contributed by atoms with van der Waals surface area (Å²) < 4.78 is 0. The molecule has 1 N–H and O–H groups in total. The Hall–Kier alpha value is -0.0800. The monoisotopic (exact) mass is 238 g/mol. The van der Waals surface area contributed by atoms with E-state index < -0.39 is 0 Å². The normalized spacial score (nSPS) is 31.9. The van der Waals surface area contributed by atoms with Crippen LogP contribution < -0.4 is 5.32 Å². The summed E-state index contributed by atoms with van der Waals surface area (Å²) in [6, 6.07) is 0.621. The molecule has 2 aliphatic rings. The Bertz CT molecular complexity index is 227. The van der Waals surface area contributed by atoms with Gasteiger partial charge in [-0.3, -0.25) is 0 Å². The molecule has 17 heavy (non-hydrogen) atoms. The maximum Gasteiger partial charge on any atom is 0.0107 e. The maximum absolute atomic E-state index is 3.53. The second-order valence-electron chi connectivity index (χ2n) is 6.44. The lowest BCUT2D eigenvalue weighted by molar-refractivity contribution is 0.196. The average molecular weight is 238 g/mol. The van der Waals surface area contributed by atoms with E-state index in [1.165, 1.54) is 38.9 Å². The van der Waals surface area contributed by atoms with Crippen LogP contribution in [0.15, 0.2) is 0 Å². The Morgan fingerprint density at radius 2 is 2.06 bits per heavy atom. The minimum absolute atomic E-state index is 0.621. The number of rotatable bonds is 7. The van der Waals surface area contributed by atoms with E-state index in [0.717, 1.165) is 24.3 Å². The summed E-state index contributed by atoms with van der Waals surface area (Å²) in [4.78, 5) is 2.65. The number of nitrogens with one attached hydrogen (secondary N) is 1. The molecule has 100 valence electrons. The van der Waals surface area contributed by atoms with Crippen LogP contribution in [0.5, 0.6) is 0 Å². The highest BCUT2D eigenvalue weighted by Crippen LogP contribution is 2.48. The lowest BCUT2D eigenvalue weighted by Crippen LogP contribution is -2.38. The fourth-order valence-electron chi connectivity index (χ4n) is 3.82. The third-order valence-corrected chi connectivity index (χ3v) is 4.81. The summed E-state index contributed by atoms with van der Waals surface area (Å²) in [5.41, 5.74) is 0. The van der Waals surface area contributed by atoms with Crippen LogP contribution in [0.3, 0.4) is 0 Å². The van der Waals surface area contributed by atoms with Crippen LogP contribution >= 0.6 is 0 Å². The SMILES string of the molecule is CCN(CCNC(C)C)CC1CC2CCC1C2. The molecule has 2 heteroatoms. The van der Waals surface area contributed by atoms with Crippen LogP contribution in [-0.4, -0.2) is 37.1 Å². The zero-order valence-corrected chi connectivity index (χ0v) is 11.9. The van der Waals surface area contributed by atoms with E-state index in [0.29, 0.717) is 6.04 Å². The molecule has 2 bridgehead atoms. The van der Waals surface area contributed by atoms with Crippen LogP contribution in [0.2, 0.25) is 0 Å². The molecule has 3 unspecified atom stereocenters. The van der Waals surface area contributed by atoms with Crippen molar-refractivity contribution in [3.8, 4) is 0 Å². The van der Waals surface area contributed by atoms with Gasteiger partial charge in [-0.25, -0.2) is 0 Å². The molecular formula is C15H30N2. The van der Waals surface area contributed by atoms with Crippen LogP contribution in [0, 0.1) is 17.8 Å². The van der Waals surface area contributed by atoms with Crippen molar-refractivity contribution in [3.63, 3.8) is 0 Å². The predicted molar refractivity (Wildman–Crippen MR) is 74.2 cm³/mol. The van der Waals surface area contributed by atoms with Crippen LogP contribution in [0.25, 0.3) is 0 Å². The summed E-state index contributed by atoms with van der Waals surface area (Å²) in [5.74, 6) is 3.19. The standard InChI is InChI=1S/C15H30N2/c1-4-17(8-7-16-12(2)3)11-15-10-13-5-6-14(15)9-13/h12-16H,4-11H2,1-3H3. The second-order valence-corrected chi connectivity index (χ2v) is 6.44. The maximum atomic E-state index is 3.53. The zero-order valence-electron chi connectivity index (χ0n) is 11.9. The van der Waals surface area contributed by atoms with Gasteiger partial charge in [0.2, 0.25) is 0 Å². The highest BCUT2D eigenvalue weighted by molar-refractivity contribution is 4.91. The van der Waals surface area contributed by atoms with Gasteiger partial charge in [-0.05, 0) is 43.6 Å². The van der Waals surface area contributed by atoms with Gasteiger partial charge in [0.05, 0.1) is 0 Å². The lowest BCUT2D eigenvalue weighted by atomic mass is 9.88. The topological polar surface area (TPSA) is 15.3 Å². The van der Waals surface area contributed by atoms with Crippen LogP contribution in [0.4, 0.5) is 0 Å². The summed E-state index contributed by atoms with van der Waals surface area (Å²) >= 11 is 0. The first-order valence-electron chi connectivity index (χ1n) is 7.64. The van der Waals surface area contributed by atoms with Crippen LogP contribution in [-0.2, 0) is 0 Å². The fourth-order valence-corrected chi connectivity index (χ4v) is 3.82. The van der Waals surface area contributed by atoms with Gasteiger partial charge in [0.25, 0.3) is 0 Å². The molecular weight excluding hydrogens is 208 g/mol. The molecule has 0 amide bonds. The van der Waals surface area contributed by atoms with E-state index in [2.05, 4.69) is 31.0 Å². The third kappa shape index (κ3) is 3.69. The molecule has 0 radical (unpaired) electrons. The largest absolute Gasteiger partial charge is 0.313 e. The van der Waals surface area contributed by atoms with E-state index in [-0.39, 0.29) is 0 Å². The van der Waals surface area contributed by atoms with Gasteiger partial charge < -0.3 is 10.2 Å². The van der Waals surface area contributed by atoms with E-state index in [9.17, 15) is 0 Å². The highest BCUT2D eigenvalue weighted by Gasteiger charge is 2.39. The van der Waals surface area contributed by atoms with Crippen molar-refractivity contribution in [2.45, 2.75) is 52.5 Å². The first kappa shape index (κ1) is 13.4. The minimum atomic E-state index is 0.621. The highest BCUT2D eigenvalue weighted by atomic mass is 15.1. The second kappa shape index (κ2) is 6.19. The average Bonchev–Trinajstić information content (AvgIpc) is 2.89. The van der Waals surface area contributed by atoms with Gasteiger partial charge in [0.15, 0.2) is 0 Å². The smallest absolute Gasteiger partial charge is 0.0107 e. The van der Waals surface area contributed by atoms with Gasteiger partial charge in [0.1, 0.15) is 0 Å². The van der Waals surface area contributed by atoms with Crippen molar-refractivity contribution in [2.75, 3.05) is 26.2 Å². The Balaban J connectivity index is 1.68. The van der Waals surface area contributed by atoms with Gasteiger partial charge >= 0.3 is 0 Å². The molecule has 0 aromatic rings. The lowest BCUT2D eigenvalue weighted by Gasteiger charge is -2.29. The van der Waals surface area contributed by atoms with Crippen molar-refractivity contribution < 1.29 is 0 Å². The molecule has 0 aliphatic heterocycles.